The molecule has 26 heavy (non-hydrogen) atoms. The van der Waals surface area contributed by atoms with Gasteiger partial charge in [0, 0.05) is 28.7 Å². The maximum atomic E-state index is 11.7. The number of aromatic amines is 1. The second kappa shape index (κ2) is 7.50. The van der Waals surface area contributed by atoms with E-state index < -0.39 is 5.92 Å². The summed E-state index contributed by atoms with van der Waals surface area (Å²) >= 11 is 6.28. The van der Waals surface area contributed by atoms with E-state index in [1.54, 1.807) is 25.1 Å². The molecule has 2 aromatic heterocycles. The number of aromatic nitrogens is 2. The van der Waals surface area contributed by atoms with Gasteiger partial charge in [0.15, 0.2) is 5.76 Å². The number of H-pyrrole nitrogens is 1. The highest BCUT2D eigenvalue weighted by Crippen LogP contribution is 2.31. The zero-order valence-electron chi connectivity index (χ0n) is 14.3. The van der Waals surface area contributed by atoms with Crippen molar-refractivity contribution in [2.75, 3.05) is 0 Å². The normalized spacial score (nSPS) is 11.9. The summed E-state index contributed by atoms with van der Waals surface area (Å²) in [6.45, 7) is 3.91. The Kier molecular flexibility index (Phi) is 5.14. The Morgan fingerprint density at radius 2 is 2.27 bits per heavy atom. The van der Waals surface area contributed by atoms with Crippen molar-refractivity contribution in [3.63, 3.8) is 0 Å². The van der Waals surface area contributed by atoms with Crippen molar-refractivity contribution >= 4 is 28.4 Å². The summed E-state index contributed by atoms with van der Waals surface area (Å²) < 4.78 is 10.8. The van der Waals surface area contributed by atoms with Gasteiger partial charge in [-0.3, -0.25) is 4.79 Å². The summed E-state index contributed by atoms with van der Waals surface area (Å²) in [5.41, 5.74) is 2.42. The second-order valence-corrected chi connectivity index (χ2v) is 6.36. The lowest BCUT2D eigenvalue weighted by Crippen LogP contribution is -2.27. The number of amides is 1. The van der Waals surface area contributed by atoms with Gasteiger partial charge in [-0.1, -0.05) is 16.8 Å². The third-order valence-corrected chi connectivity index (χ3v) is 4.11. The average Bonchev–Trinajstić information content (AvgIpc) is 3.22. The standard InChI is InChI=1S/C18H17ClN4O3/c1-10(7-20)18(24)21-8-13-4-12-5-15(19)17(6-16(12)22-13)25-9-14-3-11(2)23-26-14/h3-6,10,22H,8-9H2,1-2H3,(H,21,24). The Bertz CT molecular complexity index is 986. The van der Waals surface area contributed by atoms with Crippen LogP contribution in [0.2, 0.25) is 5.02 Å². The van der Waals surface area contributed by atoms with E-state index in [0.29, 0.717) is 23.1 Å². The Labute approximate surface area is 154 Å². The zero-order chi connectivity index (χ0) is 18.7. The van der Waals surface area contributed by atoms with Crippen LogP contribution >= 0.6 is 11.6 Å². The highest BCUT2D eigenvalue weighted by molar-refractivity contribution is 6.32. The number of aryl methyl sites for hydroxylation is 1. The first-order chi connectivity index (χ1) is 12.5. The fraction of sp³-hybridized carbons (Fsp3) is 0.278. The number of carbonyl (C=O) groups is 1. The molecule has 0 spiro atoms. The molecule has 2 N–H and O–H groups in total. The molecule has 0 aliphatic heterocycles. The topological polar surface area (TPSA) is 104 Å². The largest absolute Gasteiger partial charge is 0.484 e. The van der Waals surface area contributed by atoms with E-state index >= 15 is 0 Å². The van der Waals surface area contributed by atoms with Gasteiger partial charge in [0.1, 0.15) is 18.3 Å². The molecule has 2 heterocycles. The molecule has 1 atom stereocenters. The summed E-state index contributed by atoms with van der Waals surface area (Å²) in [5, 5.41) is 16.6. The number of nitriles is 1. The predicted octanol–water partition coefficient (Wildman–Crippen LogP) is 3.47. The van der Waals surface area contributed by atoms with E-state index in [-0.39, 0.29) is 12.5 Å². The van der Waals surface area contributed by atoms with Crippen LogP contribution in [-0.2, 0) is 17.9 Å². The van der Waals surface area contributed by atoms with E-state index in [2.05, 4.69) is 15.5 Å². The van der Waals surface area contributed by atoms with Crippen molar-refractivity contribution in [3.05, 3.63) is 46.4 Å². The van der Waals surface area contributed by atoms with Crippen LogP contribution in [0.5, 0.6) is 5.75 Å². The molecule has 0 bridgehead atoms. The lowest BCUT2D eigenvalue weighted by Gasteiger charge is -2.06. The predicted molar refractivity (Wildman–Crippen MR) is 95.5 cm³/mol. The summed E-state index contributed by atoms with van der Waals surface area (Å²) in [5.74, 6) is 0.132. The van der Waals surface area contributed by atoms with Gasteiger partial charge in [-0.05, 0) is 26.0 Å². The second-order valence-electron chi connectivity index (χ2n) is 5.96. The van der Waals surface area contributed by atoms with Crippen molar-refractivity contribution in [1.82, 2.24) is 15.5 Å². The molecule has 0 fully saturated rings. The molecule has 3 aromatic rings. The maximum absolute atomic E-state index is 11.7. The quantitative estimate of drug-likeness (QED) is 0.689. The molecule has 1 aromatic carbocycles. The number of halogens is 1. The number of hydrogen-bond acceptors (Lipinski definition) is 5. The maximum Gasteiger partial charge on any atom is 0.237 e. The van der Waals surface area contributed by atoms with Gasteiger partial charge >= 0.3 is 0 Å². The summed E-state index contributed by atoms with van der Waals surface area (Å²) in [7, 11) is 0. The van der Waals surface area contributed by atoms with Crippen LogP contribution in [-0.4, -0.2) is 16.0 Å². The van der Waals surface area contributed by atoms with Gasteiger partial charge in [-0.2, -0.15) is 5.26 Å². The summed E-state index contributed by atoms with van der Waals surface area (Å²) in [6.07, 6.45) is 0. The van der Waals surface area contributed by atoms with Crippen molar-refractivity contribution in [2.45, 2.75) is 27.0 Å². The van der Waals surface area contributed by atoms with Gasteiger partial charge in [0.2, 0.25) is 5.91 Å². The van der Waals surface area contributed by atoms with Crippen LogP contribution in [0.25, 0.3) is 10.9 Å². The lowest BCUT2D eigenvalue weighted by molar-refractivity contribution is -0.123. The number of rotatable bonds is 6. The molecule has 8 heteroatoms. The van der Waals surface area contributed by atoms with E-state index in [4.69, 9.17) is 26.1 Å². The molecular formula is C18H17ClN4O3. The number of nitrogens with zero attached hydrogens (tertiary/aromatic N) is 2. The van der Waals surface area contributed by atoms with Gasteiger partial charge in [0.25, 0.3) is 0 Å². The van der Waals surface area contributed by atoms with E-state index in [9.17, 15) is 4.79 Å². The van der Waals surface area contributed by atoms with Crippen LogP contribution in [0, 0.1) is 24.2 Å². The monoisotopic (exact) mass is 372 g/mol. The van der Waals surface area contributed by atoms with Gasteiger partial charge in [-0.15, -0.1) is 0 Å². The molecule has 0 saturated heterocycles. The third kappa shape index (κ3) is 3.98. The van der Waals surface area contributed by atoms with Crippen LogP contribution in [0.3, 0.4) is 0 Å². The molecule has 134 valence electrons. The van der Waals surface area contributed by atoms with Crippen LogP contribution in [0.15, 0.2) is 28.8 Å². The third-order valence-electron chi connectivity index (χ3n) is 3.82. The molecular weight excluding hydrogens is 356 g/mol. The molecule has 1 unspecified atom stereocenters. The smallest absolute Gasteiger partial charge is 0.237 e. The highest BCUT2D eigenvalue weighted by atomic mass is 35.5. The van der Waals surface area contributed by atoms with E-state index in [1.807, 2.05) is 19.1 Å². The van der Waals surface area contributed by atoms with E-state index in [0.717, 1.165) is 22.3 Å². The Morgan fingerprint density at radius 3 is 2.96 bits per heavy atom. The highest BCUT2D eigenvalue weighted by Gasteiger charge is 2.13. The van der Waals surface area contributed by atoms with E-state index in [1.165, 1.54) is 0 Å². The first kappa shape index (κ1) is 17.8. The molecule has 1 amide bonds. The molecule has 3 rings (SSSR count). The SMILES string of the molecule is Cc1cc(COc2cc3[nH]c(CNC(=O)C(C)C#N)cc3cc2Cl)on1. The minimum absolute atomic E-state index is 0.224. The first-order valence-electron chi connectivity index (χ1n) is 7.99. The zero-order valence-corrected chi connectivity index (χ0v) is 15.1. The van der Waals surface area contributed by atoms with Gasteiger partial charge < -0.3 is 19.6 Å². The minimum Gasteiger partial charge on any atom is -0.484 e. The average molecular weight is 373 g/mol. The van der Waals surface area contributed by atoms with Crippen LogP contribution in [0.4, 0.5) is 0 Å². The lowest BCUT2D eigenvalue weighted by atomic mass is 10.2. The molecule has 0 radical (unpaired) electrons. The fourth-order valence-corrected chi connectivity index (χ4v) is 2.65. The summed E-state index contributed by atoms with van der Waals surface area (Å²) in [4.78, 5) is 14.9. The molecule has 0 saturated carbocycles. The number of benzene rings is 1. The number of hydrogen-bond donors (Lipinski definition) is 2. The Balaban J connectivity index is 1.71. The number of nitrogens with one attached hydrogen (secondary N) is 2. The molecule has 0 aliphatic carbocycles. The summed E-state index contributed by atoms with van der Waals surface area (Å²) in [6, 6.07) is 9.17. The first-order valence-corrected chi connectivity index (χ1v) is 8.37. The van der Waals surface area contributed by atoms with Crippen molar-refractivity contribution in [1.29, 1.82) is 5.26 Å². The fourth-order valence-electron chi connectivity index (χ4n) is 2.43. The number of fused-ring (bicyclic) bond motifs is 1. The Morgan fingerprint density at radius 1 is 1.46 bits per heavy atom. The van der Waals surface area contributed by atoms with Crippen molar-refractivity contribution in [3.8, 4) is 11.8 Å². The number of carbonyl (C=O) groups excluding carboxylic acids is 1. The molecule has 7 nitrogen and oxygen atoms in total. The van der Waals surface area contributed by atoms with Crippen molar-refractivity contribution in [2.24, 2.45) is 5.92 Å². The minimum atomic E-state index is -0.687. The Hall–Kier alpha value is -2.98. The van der Waals surface area contributed by atoms with Crippen LogP contribution in [0.1, 0.15) is 24.1 Å². The van der Waals surface area contributed by atoms with Gasteiger partial charge in [0.05, 0.1) is 23.3 Å². The number of ether oxygens (including phenoxy) is 1. The van der Waals surface area contributed by atoms with Gasteiger partial charge in [-0.25, -0.2) is 0 Å². The molecule has 0 aliphatic rings. The van der Waals surface area contributed by atoms with Crippen molar-refractivity contribution < 1.29 is 14.1 Å². The van der Waals surface area contributed by atoms with Crippen LogP contribution < -0.4 is 10.1 Å².